The van der Waals surface area contributed by atoms with Gasteiger partial charge in [0.15, 0.2) is 6.61 Å². The van der Waals surface area contributed by atoms with Crippen LogP contribution in [-0.4, -0.2) is 24.2 Å². The molecule has 1 aliphatic rings. The van der Waals surface area contributed by atoms with E-state index in [1.807, 2.05) is 36.4 Å². The standard InChI is InChI=1S/C18H19NO3/c20-12-15-8-9-17-16(11-15)19(18(21)13-22-17)10-4-7-14-5-2-1-3-6-14/h1-3,5-6,8-9,11,20H,4,7,10,12-13H2. The Kier molecular flexibility index (Phi) is 4.39. The Morgan fingerprint density at radius 3 is 2.68 bits per heavy atom. The summed E-state index contributed by atoms with van der Waals surface area (Å²) >= 11 is 0. The lowest BCUT2D eigenvalue weighted by Gasteiger charge is -2.29. The number of carbonyl (C=O) groups is 1. The molecule has 0 bridgehead atoms. The third-order valence-corrected chi connectivity index (χ3v) is 3.84. The van der Waals surface area contributed by atoms with E-state index in [1.165, 1.54) is 5.56 Å². The zero-order valence-corrected chi connectivity index (χ0v) is 12.4. The molecule has 4 nitrogen and oxygen atoms in total. The first-order valence-corrected chi connectivity index (χ1v) is 7.49. The molecule has 0 fully saturated rings. The van der Waals surface area contributed by atoms with E-state index in [9.17, 15) is 9.90 Å². The van der Waals surface area contributed by atoms with Crippen molar-refractivity contribution < 1.29 is 14.6 Å². The van der Waals surface area contributed by atoms with Gasteiger partial charge in [0.2, 0.25) is 0 Å². The summed E-state index contributed by atoms with van der Waals surface area (Å²) in [5.41, 5.74) is 2.81. The third-order valence-electron chi connectivity index (χ3n) is 3.84. The first kappa shape index (κ1) is 14.6. The number of aliphatic hydroxyl groups excluding tert-OH is 1. The van der Waals surface area contributed by atoms with E-state index in [0.717, 1.165) is 24.1 Å². The minimum absolute atomic E-state index is 0.0318. The Morgan fingerprint density at radius 2 is 1.91 bits per heavy atom. The van der Waals surface area contributed by atoms with E-state index in [0.29, 0.717) is 12.3 Å². The van der Waals surface area contributed by atoms with Crippen LogP contribution >= 0.6 is 0 Å². The fourth-order valence-corrected chi connectivity index (χ4v) is 2.68. The van der Waals surface area contributed by atoms with Crippen LogP contribution in [0.2, 0.25) is 0 Å². The second kappa shape index (κ2) is 6.62. The molecule has 0 spiro atoms. The van der Waals surface area contributed by atoms with E-state index in [4.69, 9.17) is 4.74 Å². The van der Waals surface area contributed by atoms with E-state index < -0.39 is 0 Å². The Morgan fingerprint density at radius 1 is 1.09 bits per heavy atom. The van der Waals surface area contributed by atoms with Gasteiger partial charge in [-0.2, -0.15) is 0 Å². The van der Waals surface area contributed by atoms with Gasteiger partial charge in [-0.3, -0.25) is 4.79 Å². The number of aliphatic hydroxyl groups is 1. The van der Waals surface area contributed by atoms with Crippen molar-refractivity contribution >= 4 is 11.6 Å². The number of amides is 1. The maximum Gasteiger partial charge on any atom is 0.265 e. The molecular weight excluding hydrogens is 278 g/mol. The summed E-state index contributed by atoms with van der Waals surface area (Å²) < 4.78 is 5.46. The van der Waals surface area contributed by atoms with Crippen LogP contribution in [0.4, 0.5) is 5.69 Å². The number of nitrogens with zero attached hydrogens (tertiary/aromatic N) is 1. The van der Waals surface area contributed by atoms with Gasteiger partial charge in [-0.1, -0.05) is 36.4 Å². The van der Waals surface area contributed by atoms with Crippen LogP contribution in [0.5, 0.6) is 5.75 Å². The molecule has 4 heteroatoms. The summed E-state index contributed by atoms with van der Waals surface area (Å²) in [6.45, 7) is 0.690. The molecule has 0 aliphatic carbocycles. The molecule has 0 saturated carbocycles. The molecular formula is C18H19NO3. The number of hydrogen-bond donors (Lipinski definition) is 1. The molecule has 0 aromatic heterocycles. The highest BCUT2D eigenvalue weighted by Crippen LogP contribution is 2.33. The number of aryl methyl sites for hydroxylation is 1. The van der Waals surface area contributed by atoms with Crippen molar-refractivity contribution in [3.05, 3.63) is 59.7 Å². The normalized spacial score (nSPS) is 13.7. The summed E-state index contributed by atoms with van der Waals surface area (Å²) in [6.07, 6.45) is 1.82. The zero-order valence-electron chi connectivity index (χ0n) is 12.4. The third kappa shape index (κ3) is 3.12. The number of hydrogen-bond acceptors (Lipinski definition) is 3. The quantitative estimate of drug-likeness (QED) is 0.922. The van der Waals surface area contributed by atoms with Gasteiger partial charge >= 0.3 is 0 Å². The van der Waals surface area contributed by atoms with Crippen molar-refractivity contribution in [1.29, 1.82) is 0 Å². The number of benzene rings is 2. The van der Waals surface area contributed by atoms with Gasteiger partial charge < -0.3 is 14.7 Å². The van der Waals surface area contributed by atoms with Gasteiger partial charge in [0.25, 0.3) is 5.91 Å². The summed E-state index contributed by atoms with van der Waals surface area (Å²) in [5.74, 6) is 0.673. The predicted molar refractivity (Wildman–Crippen MR) is 85.0 cm³/mol. The SMILES string of the molecule is O=C1COc2ccc(CO)cc2N1CCCc1ccccc1. The van der Waals surface area contributed by atoms with Crippen molar-refractivity contribution in [2.45, 2.75) is 19.4 Å². The van der Waals surface area contributed by atoms with Crippen molar-refractivity contribution in [3.63, 3.8) is 0 Å². The highest BCUT2D eigenvalue weighted by molar-refractivity contribution is 5.97. The Labute approximate surface area is 130 Å². The fourth-order valence-electron chi connectivity index (χ4n) is 2.68. The van der Waals surface area contributed by atoms with Gasteiger partial charge in [0, 0.05) is 6.54 Å². The average molecular weight is 297 g/mol. The number of rotatable bonds is 5. The van der Waals surface area contributed by atoms with Crippen molar-refractivity contribution in [1.82, 2.24) is 0 Å². The van der Waals surface area contributed by atoms with E-state index >= 15 is 0 Å². The molecule has 3 rings (SSSR count). The van der Waals surface area contributed by atoms with Crippen LogP contribution in [0.1, 0.15) is 17.5 Å². The summed E-state index contributed by atoms with van der Waals surface area (Å²) in [6, 6.07) is 15.7. The molecule has 0 radical (unpaired) electrons. The van der Waals surface area contributed by atoms with Gasteiger partial charge in [0.05, 0.1) is 12.3 Å². The van der Waals surface area contributed by atoms with E-state index in [1.54, 1.807) is 4.90 Å². The van der Waals surface area contributed by atoms with Crippen LogP contribution in [0.25, 0.3) is 0 Å². The molecule has 1 aliphatic heterocycles. The van der Waals surface area contributed by atoms with Crippen molar-refractivity contribution in [2.24, 2.45) is 0 Å². The predicted octanol–water partition coefficient (Wildman–Crippen LogP) is 2.54. The Hall–Kier alpha value is -2.33. The average Bonchev–Trinajstić information content (AvgIpc) is 2.57. The molecule has 22 heavy (non-hydrogen) atoms. The largest absolute Gasteiger partial charge is 0.482 e. The molecule has 0 saturated heterocycles. The van der Waals surface area contributed by atoms with Crippen LogP contribution in [-0.2, 0) is 17.8 Å². The Balaban J connectivity index is 1.72. The van der Waals surface area contributed by atoms with Crippen LogP contribution in [0.3, 0.4) is 0 Å². The number of fused-ring (bicyclic) bond motifs is 1. The highest BCUT2D eigenvalue weighted by atomic mass is 16.5. The van der Waals surface area contributed by atoms with Gasteiger partial charge in [-0.05, 0) is 36.1 Å². The molecule has 1 amide bonds. The second-order valence-electron chi connectivity index (χ2n) is 5.38. The fraction of sp³-hybridized carbons (Fsp3) is 0.278. The van der Waals surface area contributed by atoms with Crippen LogP contribution < -0.4 is 9.64 Å². The van der Waals surface area contributed by atoms with Gasteiger partial charge in [-0.25, -0.2) is 0 Å². The minimum Gasteiger partial charge on any atom is -0.482 e. The number of anilines is 1. The van der Waals surface area contributed by atoms with Gasteiger partial charge in [0.1, 0.15) is 5.75 Å². The van der Waals surface area contributed by atoms with E-state index in [2.05, 4.69) is 12.1 Å². The number of carbonyl (C=O) groups excluding carboxylic acids is 1. The highest BCUT2D eigenvalue weighted by Gasteiger charge is 2.25. The lowest BCUT2D eigenvalue weighted by Crippen LogP contribution is -2.39. The Bertz CT molecular complexity index is 655. The van der Waals surface area contributed by atoms with Crippen LogP contribution in [0.15, 0.2) is 48.5 Å². The number of ether oxygens (including phenoxy) is 1. The summed E-state index contributed by atoms with van der Waals surface area (Å²) in [4.78, 5) is 13.9. The first-order chi connectivity index (χ1) is 10.8. The molecule has 114 valence electrons. The topological polar surface area (TPSA) is 49.8 Å². The molecule has 0 unspecified atom stereocenters. The van der Waals surface area contributed by atoms with Crippen molar-refractivity contribution in [3.8, 4) is 5.75 Å². The monoisotopic (exact) mass is 297 g/mol. The lowest BCUT2D eigenvalue weighted by atomic mass is 10.1. The smallest absolute Gasteiger partial charge is 0.265 e. The maximum atomic E-state index is 12.1. The molecule has 2 aromatic carbocycles. The van der Waals surface area contributed by atoms with Gasteiger partial charge in [-0.15, -0.1) is 0 Å². The van der Waals surface area contributed by atoms with Crippen molar-refractivity contribution in [2.75, 3.05) is 18.1 Å². The molecule has 1 heterocycles. The van der Waals surface area contributed by atoms with E-state index in [-0.39, 0.29) is 19.1 Å². The first-order valence-electron chi connectivity index (χ1n) is 7.49. The summed E-state index contributed by atoms with van der Waals surface area (Å²) in [5, 5.41) is 9.27. The maximum absolute atomic E-state index is 12.1. The zero-order chi connectivity index (χ0) is 15.4. The minimum atomic E-state index is -0.0423. The molecule has 2 aromatic rings. The molecule has 0 atom stereocenters. The summed E-state index contributed by atoms with van der Waals surface area (Å²) in [7, 11) is 0. The van der Waals surface area contributed by atoms with Crippen LogP contribution in [0, 0.1) is 0 Å². The molecule has 1 N–H and O–H groups in total. The lowest BCUT2D eigenvalue weighted by molar-refractivity contribution is -0.121. The second-order valence-corrected chi connectivity index (χ2v) is 5.38.